The molecule has 6 heteroatoms. The first-order valence-electron chi connectivity index (χ1n) is 7.35. The average molecular weight is 332 g/mol. The van der Waals surface area contributed by atoms with Crippen molar-refractivity contribution in [2.75, 3.05) is 0 Å². The number of nitriles is 1. The summed E-state index contributed by atoms with van der Waals surface area (Å²) in [7, 11) is 0. The second kappa shape index (κ2) is 6.55. The molecule has 23 heavy (non-hydrogen) atoms. The first-order chi connectivity index (χ1) is 11.1. The van der Waals surface area contributed by atoms with Crippen molar-refractivity contribution < 1.29 is 8.78 Å². The summed E-state index contributed by atoms with van der Waals surface area (Å²) < 4.78 is 26.2. The number of pyridine rings is 1. The van der Waals surface area contributed by atoms with Crippen molar-refractivity contribution in [2.24, 2.45) is 0 Å². The van der Waals surface area contributed by atoms with Gasteiger partial charge in [0.05, 0.1) is 5.03 Å². The van der Waals surface area contributed by atoms with E-state index in [-0.39, 0.29) is 11.1 Å². The van der Waals surface area contributed by atoms with Gasteiger partial charge in [-0.15, -0.1) is 11.8 Å². The number of hydrogen-bond acceptors (Lipinski definition) is 3. The molecule has 118 valence electrons. The maximum Gasteiger partial charge on any atom is 0.267 e. The monoisotopic (exact) mass is 332 g/mol. The van der Waals surface area contributed by atoms with E-state index in [1.165, 1.54) is 17.8 Å². The molecule has 2 aromatic rings. The van der Waals surface area contributed by atoms with Crippen LogP contribution >= 0.6 is 11.8 Å². The van der Waals surface area contributed by atoms with Gasteiger partial charge in [-0.3, -0.25) is 4.79 Å². The van der Waals surface area contributed by atoms with Crippen LogP contribution in [0.5, 0.6) is 0 Å². The van der Waals surface area contributed by atoms with E-state index in [1.807, 2.05) is 6.07 Å². The molecule has 0 aliphatic heterocycles. The van der Waals surface area contributed by atoms with Gasteiger partial charge >= 0.3 is 0 Å². The summed E-state index contributed by atoms with van der Waals surface area (Å²) in [6.45, 7) is 0. The van der Waals surface area contributed by atoms with E-state index < -0.39 is 11.6 Å². The van der Waals surface area contributed by atoms with Crippen molar-refractivity contribution in [1.82, 2.24) is 4.98 Å². The lowest BCUT2D eigenvalue weighted by Gasteiger charge is -2.19. The summed E-state index contributed by atoms with van der Waals surface area (Å²) in [6, 6.07) is 5.78. The predicted molar refractivity (Wildman–Crippen MR) is 84.3 cm³/mol. The second-order valence-electron chi connectivity index (χ2n) is 5.47. The fourth-order valence-electron chi connectivity index (χ4n) is 2.84. The van der Waals surface area contributed by atoms with Gasteiger partial charge in [0.1, 0.15) is 11.6 Å². The van der Waals surface area contributed by atoms with Crippen molar-refractivity contribution in [3.8, 4) is 6.07 Å². The van der Waals surface area contributed by atoms with Gasteiger partial charge < -0.3 is 4.98 Å². The quantitative estimate of drug-likeness (QED) is 0.872. The molecule has 0 radical (unpaired) electrons. The molecule has 1 aliphatic carbocycles. The predicted octanol–water partition coefficient (Wildman–Crippen LogP) is 3.70. The van der Waals surface area contributed by atoms with Crippen LogP contribution in [-0.4, -0.2) is 4.98 Å². The number of halogens is 2. The fraction of sp³-hybridized carbons (Fsp3) is 0.294. The van der Waals surface area contributed by atoms with Gasteiger partial charge in [0.15, 0.2) is 11.6 Å². The number of benzene rings is 1. The summed E-state index contributed by atoms with van der Waals surface area (Å²) in [5.74, 6) is -1.33. The highest BCUT2D eigenvalue weighted by molar-refractivity contribution is 7.98. The van der Waals surface area contributed by atoms with Crippen LogP contribution in [0.1, 0.15) is 35.1 Å². The number of fused-ring (bicyclic) bond motifs is 1. The molecule has 0 amide bonds. The third kappa shape index (κ3) is 3.15. The van der Waals surface area contributed by atoms with E-state index in [0.717, 1.165) is 54.0 Å². The Morgan fingerprint density at radius 3 is 2.61 bits per heavy atom. The Morgan fingerprint density at radius 1 is 1.17 bits per heavy atom. The second-order valence-corrected chi connectivity index (χ2v) is 6.46. The number of nitrogens with one attached hydrogen (secondary N) is 1. The molecule has 0 bridgehead atoms. The van der Waals surface area contributed by atoms with E-state index in [2.05, 4.69) is 4.98 Å². The maximum absolute atomic E-state index is 13.3. The minimum Gasteiger partial charge on any atom is -0.316 e. The van der Waals surface area contributed by atoms with Crippen LogP contribution in [0.15, 0.2) is 28.0 Å². The van der Waals surface area contributed by atoms with Crippen LogP contribution in [0, 0.1) is 23.0 Å². The summed E-state index contributed by atoms with van der Waals surface area (Å²) in [4.78, 5) is 14.8. The summed E-state index contributed by atoms with van der Waals surface area (Å²) >= 11 is 1.38. The van der Waals surface area contributed by atoms with Gasteiger partial charge in [0.25, 0.3) is 5.56 Å². The van der Waals surface area contributed by atoms with E-state index in [4.69, 9.17) is 0 Å². The first kappa shape index (κ1) is 15.8. The van der Waals surface area contributed by atoms with Crippen molar-refractivity contribution in [3.05, 3.63) is 62.4 Å². The molecule has 0 spiro atoms. The van der Waals surface area contributed by atoms with E-state index in [1.54, 1.807) is 0 Å². The highest BCUT2D eigenvalue weighted by Gasteiger charge is 2.20. The zero-order chi connectivity index (χ0) is 16.4. The third-order valence-electron chi connectivity index (χ3n) is 3.98. The van der Waals surface area contributed by atoms with Gasteiger partial charge in [0, 0.05) is 5.75 Å². The highest BCUT2D eigenvalue weighted by Crippen LogP contribution is 2.31. The van der Waals surface area contributed by atoms with Crippen LogP contribution < -0.4 is 5.56 Å². The van der Waals surface area contributed by atoms with Crippen molar-refractivity contribution in [3.63, 3.8) is 0 Å². The Hall–Kier alpha value is -2.13. The molecule has 3 rings (SSSR count). The molecule has 1 aromatic heterocycles. The number of nitrogens with zero attached hydrogens (tertiary/aromatic N) is 1. The third-order valence-corrected chi connectivity index (χ3v) is 5.09. The number of thioether (sulfide) groups is 1. The van der Waals surface area contributed by atoms with Gasteiger partial charge in [-0.1, -0.05) is 6.07 Å². The average Bonchev–Trinajstić information content (AvgIpc) is 2.56. The largest absolute Gasteiger partial charge is 0.316 e. The molecular formula is C17H14F2N2OS. The Morgan fingerprint density at radius 2 is 1.91 bits per heavy atom. The number of H-pyrrole nitrogens is 1. The van der Waals surface area contributed by atoms with Gasteiger partial charge in [-0.05, 0) is 54.5 Å². The zero-order valence-corrected chi connectivity index (χ0v) is 13.1. The maximum atomic E-state index is 13.3. The SMILES string of the molecule is N#Cc1c2c(c(SCc3ccc(F)c(F)c3)[nH]c1=O)CCCC2. The summed E-state index contributed by atoms with van der Waals surface area (Å²) in [5, 5.41) is 9.91. The topological polar surface area (TPSA) is 56.6 Å². The van der Waals surface area contributed by atoms with Crippen LogP contribution in [-0.2, 0) is 18.6 Å². The van der Waals surface area contributed by atoms with Crippen LogP contribution in [0.2, 0.25) is 0 Å². The Kier molecular flexibility index (Phi) is 4.49. The number of rotatable bonds is 3. The van der Waals surface area contributed by atoms with Crippen molar-refractivity contribution in [2.45, 2.75) is 36.5 Å². The highest BCUT2D eigenvalue weighted by atomic mass is 32.2. The lowest BCUT2D eigenvalue weighted by Crippen LogP contribution is -2.20. The van der Waals surface area contributed by atoms with Gasteiger partial charge in [-0.25, -0.2) is 8.78 Å². The van der Waals surface area contributed by atoms with Crippen molar-refractivity contribution in [1.29, 1.82) is 5.26 Å². The number of aromatic amines is 1. The van der Waals surface area contributed by atoms with E-state index in [9.17, 15) is 18.8 Å². The molecule has 3 nitrogen and oxygen atoms in total. The Balaban J connectivity index is 1.91. The Bertz CT molecular complexity index is 855. The normalized spacial score (nSPS) is 13.4. The molecule has 1 aliphatic rings. The minimum absolute atomic E-state index is 0.205. The minimum atomic E-state index is -0.876. The van der Waals surface area contributed by atoms with E-state index in [0.29, 0.717) is 11.3 Å². The molecule has 0 atom stereocenters. The van der Waals surface area contributed by atoms with Crippen LogP contribution in [0.3, 0.4) is 0 Å². The van der Waals surface area contributed by atoms with Crippen LogP contribution in [0.25, 0.3) is 0 Å². The van der Waals surface area contributed by atoms with Crippen molar-refractivity contribution >= 4 is 11.8 Å². The van der Waals surface area contributed by atoms with E-state index >= 15 is 0 Å². The Labute approximate surface area is 136 Å². The number of hydrogen-bond donors (Lipinski definition) is 1. The molecule has 0 unspecified atom stereocenters. The van der Waals surface area contributed by atoms with Gasteiger partial charge in [-0.2, -0.15) is 5.26 Å². The molecule has 1 N–H and O–H groups in total. The molecular weight excluding hydrogens is 318 g/mol. The lowest BCUT2D eigenvalue weighted by atomic mass is 9.90. The zero-order valence-electron chi connectivity index (χ0n) is 12.3. The first-order valence-corrected chi connectivity index (χ1v) is 8.33. The summed E-state index contributed by atoms with van der Waals surface area (Å²) in [6.07, 6.45) is 3.54. The number of aromatic nitrogens is 1. The fourth-order valence-corrected chi connectivity index (χ4v) is 3.89. The van der Waals surface area contributed by atoms with Crippen LogP contribution in [0.4, 0.5) is 8.78 Å². The molecule has 1 aromatic carbocycles. The lowest BCUT2D eigenvalue weighted by molar-refractivity contribution is 0.507. The van der Waals surface area contributed by atoms with Gasteiger partial charge in [0.2, 0.25) is 0 Å². The summed E-state index contributed by atoms with van der Waals surface area (Å²) in [5.41, 5.74) is 2.33. The molecule has 0 fully saturated rings. The molecule has 0 saturated carbocycles. The smallest absolute Gasteiger partial charge is 0.267 e. The molecule has 1 heterocycles. The standard InChI is InChI=1S/C17H14F2N2OS/c18-14-6-5-10(7-15(14)19)9-23-17-12-4-2-1-3-11(12)13(8-20)16(22)21-17/h5-7H,1-4,9H2,(H,21,22). The molecule has 0 saturated heterocycles.